The maximum absolute atomic E-state index is 5.23. The molecule has 0 fully saturated rings. The minimum Gasteiger partial charge on any atom is -0.358 e. The molecule has 0 unspecified atom stereocenters. The lowest BCUT2D eigenvalue weighted by atomic mass is 10.2. The van der Waals surface area contributed by atoms with Crippen LogP contribution in [0, 0.1) is 12.3 Å². The summed E-state index contributed by atoms with van der Waals surface area (Å²) in [4.78, 5) is 3.37. The predicted octanol–water partition coefficient (Wildman–Crippen LogP) is 3.25. The molecule has 0 aliphatic heterocycles. The van der Waals surface area contributed by atoms with E-state index in [-0.39, 0.29) is 0 Å². The van der Waals surface area contributed by atoms with Crippen molar-refractivity contribution in [3.63, 3.8) is 0 Å². The minimum absolute atomic E-state index is 0.786. The van der Waals surface area contributed by atoms with Crippen LogP contribution in [0.4, 0.5) is 0 Å². The van der Waals surface area contributed by atoms with E-state index in [9.17, 15) is 0 Å². The summed E-state index contributed by atoms with van der Waals surface area (Å²) >= 11 is 0. The molecule has 74 valence electrons. The van der Waals surface area contributed by atoms with Gasteiger partial charge in [0, 0.05) is 17.8 Å². The van der Waals surface area contributed by atoms with Gasteiger partial charge in [0.15, 0.2) is 0 Å². The van der Waals surface area contributed by atoms with Crippen LogP contribution < -0.4 is 0 Å². The second-order valence-corrected chi connectivity index (χ2v) is 3.47. The maximum atomic E-state index is 5.23. The number of aromatic amines is 1. The van der Waals surface area contributed by atoms with Gasteiger partial charge in [0.05, 0.1) is 0 Å². The molecular weight excluding hydrogens is 182 g/mol. The second kappa shape index (κ2) is 4.52. The third-order valence-electron chi connectivity index (χ3n) is 2.37. The number of hydrogen-bond donors (Lipinski definition) is 1. The van der Waals surface area contributed by atoms with Gasteiger partial charge in [-0.05, 0) is 24.1 Å². The zero-order valence-corrected chi connectivity index (χ0v) is 8.53. The van der Waals surface area contributed by atoms with Gasteiger partial charge in [0.2, 0.25) is 0 Å². The number of aryl methyl sites for hydroxylation is 1. The van der Waals surface area contributed by atoms with Gasteiger partial charge in [0.25, 0.3) is 0 Å². The quantitative estimate of drug-likeness (QED) is 0.724. The fourth-order valence-electron chi connectivity index (χ4n) is 1.58. The van der Waals surface area contributed by atoms with Gasteiger partial charge in [-0.1, -0.05) is 30.3 Å². The van der Waals surface area contributed by atoms with Crippen molar-refractivity contribution in [3.8, 4) is 23.6 Å². The largest absolute Gasteiger partial charge is 0.358 e. The van der Waals surface area contributed by atoms with Crippen LogP contribution in [0.1, 0.15) is 12.1 Å². The molecule has 0 saturated carbocycles. The topological polar surface area (TPSA) is 15.8 Å². The van der Waals surface area contributed by atoms with Crippen molar-refractivity contribution < 1.29 is 0 Å². The van der Waals surface area contributed by atoms with E-state index in [1.807, 2.05) is 18.2 Å². The van der Waals surface area contributed by atoms with Gasteiger partial charge in [-0.3, -0.25) is 0 Å². The zero-order valence-electron chi connectivity index (χ0n) is 8.53. The Bertz CT molecular complexity index is 460. The van der Waals surface area contributed by atoms with Crippen LogP contribution in [0.5, 0.6) is 0 Å². The summed E-state index contributed by atoms with van der Waals surface area (Å²) in [7, 11) is 0. The molecule has 0 saturated heterocycles. The van der Waals surface area contributed by atoms with Gasteiger partial charge in [-0.25, -0.2) is 0 Å². The van der Waals surface area contributed by atoms with E-state index in [0.29, 0.717) is 0 Å². The van der Waals surface area contributed by atoms with Crippen LogP contribution in [0.2, 0.25) is 0 Å². The molecule has 2 rings (SSSR count). The van der Waals surface area contributed by atoms with E-state index in [1.165, 1.54) is 11.3 Å². The Hall–Kier alpha value is -1.94. The van der Waals surface area contributed by atoms with Crippen LogP contribution in [-0.4, -0.2) is 4.98 Å². The number of H-pyrrole nitrogens is 1. The van der Waals surface area contributed by atoms with Crippen molar-refractivity contribution in [2.45, 2.75) is 12.8 Å². The van der Waals surface area contributed by atoms with Crippen LogP contribution in [-0.2, 0) is 6.42 Å². The van der Waals surface area contributed by atoms with E-state index in [4.69, 9.17) is 6.42 Å². The Kier molecular flexibility index (Phi) is 2.90. The number of rotatable bonds is 3. The van der Waals surface area contributed by atoms with Gasteiger partial charge < -0.3 is 4.98 Å². The highest BCUT2D eigenvalue weighted by Crippen LogP contribution is 2.18. The predicted molar refractivity (Wildman–Crippen MR) is 63.4 cm³/mol. The molecular formula is C14H13N. The summed E-state index contributed by atoms with van der Waals surface area (Å²) in [5, 5.41) is 0. The van der Waals surface area contributed by atoms with Crippen LogP contribution in [0.15, 0.2) is 42.5 Å². The molecule has 2 aromatic rings. The van der Waals surface area contributed by atoms with Gasteiger partial charge >= 0.3 is 0 Å². The summed E-state index contributed by atoms with van der Waals surface area (Å²) in [6, 6.07) is 14.5. The van der Waals surface area contributed by atoms with Crippen molar-refractivity contribution in [1.82, 2.24) is 4.98 Å². The Morgan fingerprint density at radius 2 is 1.87 bits per heavy atom. The highest BCUT2D eigenvalue weighted by atomic mass is 14.7. The number of aromatic nitrogens is 1. The Morgan fingerprint density at radius 1 is 1.07 bits per heavy atom. The molecule has 0 bridgehead atoms. The molecule has 0 aliphatic carbocycles. The van der Waals surface area contributed by atoms with E-state index < -0.39 is 0 Å². The molecule has 0 spiro atoms. The molecule has 0 radical (unpaired) electrons. The Balaban J connectivity index is 2.18. The minimum atomic E-state index is 0.786. The second-order valence-electron chi connectivity index (χ2n) is 3.47. The van der Waals surface area contributed by atoms with Gasteiger partial charge in [0.1, 0.15) is 0 Å². The number of hydrogen-bond acceptors (Lipinski definition) is 0. The molecule has 15 heavy (non-hydrogen) atoms. The first-order valence-corrected chi connectivity index (χ1v) is 5.07. The summed E-state index contributed by atoms with van der Waals surface area (Å²) in [6.07, 6.45) is 6.94. The average molecular weight is 195 g/mol. The third kappa shape index (κ3) is 2.30. The molecule has 1 N–H and O–H groups in total. The molecule has 1 aromatic carbocycles. The van der Waals surface area contributed by atoms with E-state index in [1.54, 1.807) is 0 Å². The summed E-state index contributed by atoms with van der Waals surface area (Å²) in [5.41, 5.74) is 3.57. The smallest absolute Gasteiger partial charge is 0.0456 e. The van der Waals surface area contributed by atoms with Crippen molar-refractivity contribution >= 4 is 0 Å². The van der Waals surface area contributed by atoms with Crippen LogP contribution in [0.25, 0.3) is 11.3 Å². The third-order valence-corrected chi connectivity index (χ3v) is 2.37. The molecule has 0 atom stereocenters. The standard InChI is InChI=1S/C14H13N/c1-2-3-9-13-10-11-14(15-13)12-7-5-4-6-8-12/h1,4-8,10-11,15H,3,9H2. The zero-order chi connectivity index (χ0) is 10.5. The van der Waals surface area contributed by atoms with Gasteiger partial charge in [-0.15, -0.1) is 12.3 Å². The van der Waals surface area contributed by atoms with E-state index in [0.717, 1.165) is 18.5 Å². The first-order valence-electron chi connectivity index (χ1n) is 5.07. The number of terminal acetylenes is 1. The van der Waals surface area contributed by atoms with E-state index in [2.05, 4.69) is 35.2 Å². The monoisotopic (exact) mass is 195 g/mol. The fraction of sp³-hybridized carbons (Fsp3) is 0.143. The van der Waals surface area contributed by atoms with Crippen molar-refractivity contribution in [1.29, 1.82) is 0 Å². The lowest BCUT2D eigenvalue weighted by Crippen LogP contribution is -1.83. The highest BCUT2D eigenvalue weighted by molar-refractivity contribution is 5.59. The summed E-state index contributed by atoms with van der Waals surface area (Å²) in [5.74, 6) is 2.65. The molecule has 1 heteroatoms. The lowest BCUT2D eigenvalue weighted by Gasteiger charge is -1.97. The fourth-order valence-corrected chi connectivity index (χ4v) is 1.58. The molecule has 1 aromatic heterocycles. The summed E-state index contributed by atoms with van der Waals surface area (Å²) in [6.45, 7) is 0. The maximum Gasteiger partial charge on any atom is 0.0456 e. The highest BCUT2D eigenvalue weighted by Gasteiger charge is 1.99. The molecule has 1 nitrogen and oxygen atoms in total. The first kappa shape index (κ1) is 9.61. The normalized spacial score (nSPS) is 9.80. The van der Waals surface area contributed by atoms with Crippen LogP contribution >= 0.6 is 0 Å². The number of benzene rings is 1. The lowest BCUT2D eigenvalue weighted by molar-refractivity contribution is 0.982. The Morgan fingerprint density at radius 3 is 2.60 bits per heavy atom. The first-order chi connectivity index (χ1) is 7.40. The van der Waals surface area contributed by atoms with E-state index >= 15 is 0 Å². The molecule has 0 aliphatic rings. The Labute approximate surface area is 90.2 Å². The summed E-state index contributed by atoms with van der Waals surface area (Å²) < 4.78 is 0. The van der Waals surface area contributed by atoms with Crippen molar-refractivity contribution in [3.05, 3.63) is 48.2 Å². The van der Waals surface area contributed by atoms with Crippen LogP contribution in [0.3, 0.4) is 0 Å². The average Bonchev–Trinajstić information content (AvgIpc) is 2.76. The van der Waals surface area contributed by atoms with Crippen molar-refractivity contribution in [2.24, 2.45) is 0 Å². The molecule has 0 amide bonds. The van der Waals surface area contributed by atoms with Crippen molar-refractivity contribution in [2.75, 3.05) is 0 Å². The SMILES string of the molecule is C#CCCc1ccc(-c2ccccc2)[nH]1. The molecule has 1 heterocycles. The number of nitrogens with one attached hydrogen (secondary N) is 1. The van der Waals surface area contributed by atoms with Gasteiger partial charge in [-0.2, -0.15) is 0 Å².